The van der Waals surface area contributed by atoms with Crippen molar-refractivity contribution in [1.29, 1.82) is 0 Å². The Morgan fingerprint density at radius 3 is 2.62 bits per heavy atom. The lowest BCUT2D eigenvalue weighted by Crippen LogP contribution is -2.14. The van der Waals surface area contributed by atoms with Crippen molar-refractivity contribution in [2.45, 2.75) is 26.8 Å². The molecule has 0 aliphatic carbocycles. The van der Waals surface area contributed by atoms with Gasteiger partial charge in [-0.15, -0.1) is 0 Å². The van der Waals surface area contributed by atoms with E-state index in [2.05, 4.69) is 4.57 Å². The summed E-state index contributed by atoms with van der Waals surface area (Å²) in [7, 11) is 3.10. The summed E-state index contributed by atoms with van der Waals surface area (Å²) in [5.41, 5.74) is 3.04. The Bertz CT molecular complexity index is 897. The Balaban J connectivity index is 1.95. The minimum absolute atomic E-state index is 0.0117. The van der Waals surface area contributed by atoms with Gasteiger partial charge in [0.2, 0.25) is 5.78 Å². The van der Waals surface area contributed by atoms with E-state index in [0.29, 0.717) is 23.5 Å². The number of ether oxygens (including phenoxy) is 3. The number of aromatic nitrogens is 1. The Labute approximate surface area is 170 Å². The van der Waals surface area contributed by atoms with Gasteiger partial charge in [0, 0.05) is 43.3 Å². The van der Waals surface area contributed by atoms with Gasteiger partial charge in [-0.3, -0.25) is 4.79 Å². The molecule has 0 saturated heterocycles. The van der Waals surface area contributed by atoms with Gasteiger partial charge in [0.25, 0.3) is 0 Å². The number of methoxy groups -OCH3 is 2. The maximum absolute atomic E-state index is 12.5. The Kier molecular flexibility index (Phi) is 8.03. The van der Waals surface area contributed by atoms with Crippen molar-refractivity contribution in [3.05, 3.63) is 52.9 Å². The van der Waals surface area contributed by atoms with E-state index in [1.54, 1.807) is 19.2 Å². The van der Waals surface area contributed by atoms with Crippen LogP contribution in [0.5, 0.6) is 11.5 Å². The topological polar surface area (TPSA) is 87.0 Å². The minimum Gasteiger partial charge on any atom is -0.504 e. The Morgan fingerprint density at radius 1 is 1.17 bits per heavy atom. The van der Waals surface area contributed by atoms with Crippen LogP contribution in [0.1, 0.15) is 33.7 Å². The van der Waals surface area contributed by atoms with E-state index >= 15 is 0 Å². The number of Topliss-reactive ketones (excluding diaryl/α,β-unsaturated/α-hetero) is 1. The van der Waals surface area contributed by atoms with Gasteiger partial charge in [-0.2, -0.15) is 0 Å². The zero-order valence-electron chi connectivity index (χ0n) is 17.2. The van der Waals surface area contributed by atoms with Gasteiger partial charge in [0.1, 0.15) is 0 Å². The first-order valence-corrected chi connectivity index (χ1v) is 9.28. The largest absolute Gasteiger partial charge is 0.504 e. The lowest BCUT2D eigenvalue weighted by molar-refractivity contribution is -0.136. The molecule has 0 unspecified atom stereocenters. The number of ketones is 1. The molecule has 156 valence electrons. The van der Waals surface area contributed by atoms with Crippen LogP contribution < -0.4 is 4.74 Å². The molecule has 0 amide bonds. The second-order valence-electron chi connectivity index (χ2n) is 6.58. The summed E-state index contributed by atoms with van der Waals surface area (Å²) in [5, 5.41) is 9.58. The summed E-state index contributed by atoms with van der Waals surface area (Å²) >= 11 is 0. The maximum Gasteiger partial charge on any atom is 0.331 e. The lowest BCUT2D eigenvalue weighted by atomic mass is 10.1. The maximum atomic E-state index is 12.5. The Morgan fingerprint density at radius 2 is 1.93 bits per heavy atom. The molecule has 0 aliphatic heterocycles. The summed E-state index contributed by atoms with van der Waals surface area (Å²) in [5.74, 6) is -0.558. The highest BCUT2D eigenvalue weighted by molar-refractivity contribution is 6.00. The summed E-state index contributed by atoms with van der Waals surface area (Å²) in [6.45, 7) is 4.91. The average molecular weight is 401 g/mol. The molecule has 0 atom stereocenters. The number of carbonyl (C=O) groups excluding carboxylic acids is 2. The second-order valence-corrected chi connectivity index (χ2v) is 6.58. The number of phenolic OH excluding ortho intramolecular Hbond substituents is 1. The van der Waals surface area contributed by atoms with Crippen LogP contribution in [0, 0.1) is 13.8 Å². The number of rotatable bonds is 10. The SMILES string of the molecule is COCCCn1c(C)cc(C(=O)COC(=O)/C=C/c2ccc(O)c(OC)c2)c1C. The third kappa shape index (κ3) is 5.96. The Hall–Kier alpha value is -3.06. The van der Waals surface area contributed by atoms with Crippen molar-refractivity contribution >= 4 is 17.8 Å². The van der Waals surface area contributed by atoms with E-state index in [-0.39, 0.29) is 18.1 Å². The van der Waals surface area contributed by atoms with E-state index in [1.165, 1.54) is 25.3 Å². The third-order valence-corrected chi connectivity index (χ3v) is 4.57. The molecule has 0 radical (unpaired) electrons. The normalized spacial score (nSPS) is 11.0. The highest BCUT2D eigenvalue weighted by Crippen LogP contribution is 2.26. The first kappa shape index (κ1) is 22.2. The number of hydrogen-bond donors (Lipinski definition) is 1. The zero-order valence-corrected chi connectivity index (χ0v) is 17.2. The fraction of sp³-hybridized carbons (Fsp3) is 0.364. The number of aromatic hydroxyl groups is 1. The van der Waals surface area contributed by atoms with Crippen molar-refractivity contribution in [3.8, 4) is 11.5 Å². The van der Waals surface area contributed by atoms with Crippen molar-refractivity contribution < 1.29 is 28.9 Å². The van der Waals surface area contributed by atoms with E-state index in [4.69, 9.17) is 14.2 Å². The molecule has 0 saturated carbocycles. The van der Waals surface area contributed by atoms with Gasteiger partial charge in [0.15, 0.2) is 18.1 Å². The van der Waals surface area contributed by atoms with Crippen LogP contribution >= 0.6 is 0 Å². The molecule has 1 aromatic heterocycles. The molecule has 0 aliphatic rings. The van der Waals surface area contributed by atoms with Crippen LogP contribution in [-0.2, 0) is 20.8 Å². The molecule has 0 spiro atoms. The smallest absolute Gasteiger partial charge is 0.331 e. The monoisotopic (exact) mass is 401 g/mol. The molecule has 7 heteroatoms. The van der Waals surface area contributed by atoms with Crippen LogP contribution in [0.3, 0.4) is 0 Å². The first-order chi connectivity index (χ1) is 13.9. The molecule has 7 nitrogen and oxygen atoms in total. The van der Waals surface area contributed by atoms with E-state index in [1.807, 2.05) is 19.9 Å². The summed E-state index contributed by atoms with van der Waals surface area (Å²) in [4.78, 5) is 24.4. The summed E-state index contributed by atoms with van der Waals surface area (Å²) < 4.78 is 17.2. The number of benzene rings is 1. The minimum atomic E-state index is -0.626. The molecular formula is C22H27NO6. The number of nitrogens with zero attached hydrogens (tertiary/aromatic N) is 1. The van der Waals surface area contributed by atoms with Crippen molar-refractivity contribution in [1.82, 2.24) is 4.57 Å². The number of hydrogen-bond acceptors (Lipinski definition) is 6. The van der Waals surface area contributed by atoms with Gasteiger partial charge in [-0.1, -0.05) is 6.07 Å². The molecule has 0 fully saturated rings. The number of phenols is 1. The van der Waals surface area contributed by atoms with Crippen molar-refractivity contribution in [3.63, 3.8) is 0 Å². The number of esters is 1. The van der Waals surface area contributed by atoms with Gasteiger partial charge < -0.3 is 23.9 Å². The molecule has 0 bridgehead atoms. The van der Waals surface area contributed by atoms with Gasteiger partial charge in [-0.25, -0.2) is 4.79 Å². The fourth-order valence-electron chi connectivity index (χ4n) is 3.02. The molecule has 2 aromatic rings. The summed E-state index contributed by atoms with van der Waals surface area (Å²) in [6, 6.07) is 6.50. The standard InChI is InChI=1S/C22H27NO6/c1-15-12-18(16(2)23(15)10-5-11-27-3)20(25)14-29-22(26)9-7-17-6-8-19(24)21(13-17)28-4/h6-9,12-13,24H,5,10-11,14H2,1-4H3/b9-7+. The first-order valence-electron chi connectivity index (χ1n) is 9.28. The number of aryl methyl sites for hydroxylation is 1. The molecule has 1 heterocycles. The number of carbonyl (C=O) groups is 2. The highest BCUT2D eigenvalue weighted by Gasteiger charge is 2.16. The second kappa shape index (κ2) is 10.5. The van der Waals surface area contributed by atoms with E-state index < -0.39 is 5.97 Å². The van der Waals surface area contributed by atoms with Crippen LogP contribution in [0.2, 0.25) is 0 Å². The summed E-state index contributed by atoms with van der Waals surface area (Å²) in [6.07, 6.45) is 3.60. The molecule has 1 N–H and O–H groups in total. The van der Waals surface area contributed by atoms with Crippen LogP contribution in [0.15, 0.2) is 30.3 Å². The van der Waals surface area contributed by atoms with Gasteiger partial charge in [-0.05, 0) is 50.1 Å². The molecule has 29 heavy (non-hydrogen) atoms. The average Bonchev–Trinajstić information content (AvgIpc) is 2.99. The van der Waals surface area contributed by atoms with Crippen molar-refractivity contribution in [2.75, 3.05) is 27.4 Å². The molecule has 1 aromatic carbocycles. The third-order valence-electron chi connectivity index (χ3n) is 4.57. The lowest BCUT2D eigenvalue weighted by Gasteiger charge is -2.09. The predicted molar refractivity (Wildman–Crippen MR) is 109 cm³/mol. The molecule has 2 rings (SSSR count). The van der Waals surface area contributed by atoms with Crippen LogP contribution in [0.4, 0.5) is 0 Å². The molecular weight excluding hydrogens is 374 g/mol. The zero-order chi connectivity index (χ0) is 21.4. The van der Waals surface area contributed by atoms with E-state index in [9.17, 15) is 14.7 Å². The van der Waals surface area contributed by atoms with Gasteiger partial charge >= 0.3 is 5.97 Å². The fourth-order valence-corrected chi connectivity index (χ4v) is 3.02. The van der Waals surface area contributed by atoms with Gasteiger partial charge in [0.05, 0.1) is 7.11 Å². The predicted octanol–water partition coefficient (Wildman–Crippen LogP) is 3.29. The quantitative estimate of drug-likeness (QED) is 0.285. The van der Waals surface area contributed by atoms with Crippen LogP contribution in [0.25, 0.3) is 6.08 Å². The van der Waals surface area contributed by atoms with E-state index in [0.717, 1.165) is 24.4 Å². The highest BCUT2D eigenvalue weighted by atomic mass is 16.5. The van der Waals surface area contributed by atoms with Crippen molar-refractivity contribution in [2.24, 2.45) is 0 Å². The van der Waals surface area contributed by atoms with Crippen LogP contribution in [-0.4, -0.2) is 48.9 Å².